The molecule has 0 aromatic heterocycles. The number of carbonyl (C=O) groups is 1. The molecule has 0 unspecified atom stereocenters. The highest BCUT2D eigenvalue weighted by Crippen LogP contribution is 2.40. The van der Waals surface area contributed by atoms with Crippen LogP contribution in [0.5, 0.6) is 0 Å². The third-order valence-corrected chi connectivity index (χ3v) is 7.23. The van der Waals surface area contributed by atoms with Crippen molar-refractivity contribution in [2.75, 3.05) is 6.61 Å². The van der Waals surface area contributed by atoms with Gasteiger partial charge in [0.05, 0.1) is 18.6 Å². The van der Waals surface area contributed by atoms with E-state index in [1.54, 1.807) is 6.07 Å². The Hall–Kier alpha value is 0.510. The van der Waals surface area contributed by atoms with Crippen LogP contribution in [-0.4, -0.2) is 36.7 Å². The molecule has 1 rings (SSSR count). The van der Waals surface area contributed by atoms with Crippen molar-refractivity contribution in [1.82, 2.24) is 0 Å². The number of esters is 1. The molecule has 136 valence electrons. The minimum absolute atomic E-state index is 0.0664. The summed E-state index contributed by atoms with van der Waals surface area (Å²) in [5.41, 5.74) is 0.0664. The van der Waals surface area contributed by atoms with Gasteiger partial charge >= 0.3 is 27.3 Å². The molecule has 0 aliphatic heterocycles. The van der Waals surface area contributed by atoms with Crippen molar-refractivity contribution in [3.8, 4) is 0 Å². The molecular weight excluding hydrogens is 701 g/mol. The van der Waals surface area contributed by atoms with Crippen LogP contribution < -0.4 is 0 Å². The van der Waals surface area contributed by atoms with Crippen molar-refractivity contribution < 1.29 is 40.1 Å². The second-order valence-corrected chi connectivity index (χ2v) is 9.28. The molecule has 0 radical (unpaired) electrons. The molecule has 24 heavy (non-hydrogen) atoms. The summed E-state index contributed by atoms with van der Waals surface area (Å²) >= 11 is 5.70. The van der Waals surface area contributed by atoms with Crippen molar-refractivity contribution in [3.63, 3.8) is 0 Å². The molecule has 0 heterocycles. The molecule has 0 atom stereocenters. The summed E-state index contributed by atoms with van der Waals surface area (Å²) in [6.07, 6.45) is -1.77. The largest absolute Gasteiger partial charge is 0.462 e. The molecule has 0 amide bonds. The van der Waals surface area contributed by atoms with Gasteiger partial charge in [-0.3, -0.25) is 4.55 Å². The van der Waals surface area contributed by atoms with Crippen molar-refractivity contribution in [2.24, 2.45) is 0 Å². The van der Waals surface area contributed by atoms with E-state index >= 15 is 0 Å². The zero-order valence-electron chi connectivity index (χ0n) is 11.2. The van der Waals surface area contributed by atoms with Gasteiger partial charge in [-0.05, 0) is 79.9 Å². The van der Waals surface area contributed by atoms with Gasteiger partial charge < -0.3 is 4.74 Å². The third kappa shape index (κ3) is 5.03. The summed E-state index contributed by atoms with van der Waals surface area (Å²) < 4.78 is 87.8. The van der Waals surface area contributed by atoms with Gasteiger partial charge in [-0.1, -0.05) is 0 Å². The lowest BCUT2D eigenvalue weighted by Crippen LogP contribution is -2.47. The van der Waals surface area contributed by atoms with E-state index in [-0.39, 0.29) is 5.56 Å². The molecular formula is C11H7F4I3O5S. The second-order valence-electron chi connectivity index (χ2n) is 4.33. The Morgan fingerprint density at radius 1 is 1.17 bits per heavy atom. The van der Waals surface area contributed by atoms with Crippen LogP contribution in [0.1, 0.15) is 16.8 Å². The Morgan fingerprint density at radius 2 is 1.71 bits per heavy atom. The average Bonchev–Trinajstić information content (AvgIpc) is 2.40. The number of carbonyl (C=O) groups excluding carboxylic acids is 1. The van der Waals surface area contributed by atoms with E-state index in [0.717, 1.165) is 0 Å². The van der Waals surface area contributed by atoms with Crippen LogP contribution >= 0.6 is 67.8 Å². The maximum Gasteiger partial charge on any atom is 0.431 e. The van der Waals surface area contributed by atoms with Crippen LogP contribution in [0.3, 0.4) is 0 Å². The molecule has 13 heteroatoms. The molecule has 0 bridgehead atoms. The minimum atomic E-state index is -6.31. The lowest BCUT2D eigenvalue weighted by Gasteiger charge is -2.23. The van der Waals surface area contributed by atoms with E-state index in [4.69, 9.17) is 4.55 Å². The highest BCUT2D eigenvalue weighted by molar-refractivity contribution is 14.1. The summed E-state index contributed by atoms with van der Waals surface area (Å²) in [6, 6.07) is 3.18. The van der Waals surface area contributed by atoms with Crippen LogP contribution in [-0.2, 0) is 14.9 Å². The first kappa shape index (κ1) is 22.6. The zero-order chi connectivity index (χ0) is 18.9. The fourth-order valence-electron chi connectivity index (χ4n) is 1.39. The van der Waals surface area contributed by atoms with Crippen molar-refractivity contribution in [3.05, 3.63) is 28.4 Å². The summed E-state index contributed by atoms with van der Waals surface area (Å²) in [6.45, 7) is -1.16. The van der Waals surface area contributed by atoms with E-state index in [0.29, 0.717) is 10.7 Å². The Bertz CT molecular complexity index is 754. The number of alkyl halides is 4. The number of benzene rings is 1. The van der Waals surface area contributed by atoms with E-state index in [2.05, 4.69) is 4.74 Å². The number of rotatable bonds is 6. The molecule has 0 saturated carbocycles. The first-order valence-corrected chi connectivity index (χ1v) is 10.4. The standard InChI is InChI=1S/C11H7F4I3O5S/c12-10(13,11(14,15)24(20,21)22)1-2-23-9(19)6-3-5(16)4-7(17)8(6)18/h3-4H,1-2H2,(H,20,21,22). The lowest BCUT2D eigenvalue weighted by molar-refractivity contribution is -0.168. The van der Waals surface area contributed by atoms with Gasteiger partial charge in [-0.25, -0.2) is 4.79 Å². The number of halogens is 7. The first-order valence-electron chi connectivity index (χ1n) is 5.75. The highest BCUT2D eigenvalue weighted by Gasteiger charge is 2.65. The smallest absolute Gasteiger partial charge is 0.431 e. The van der Waals surface area contributed by atoms with Gasteiger partial charge in [-0.2, -0.15) is 26.0 Å². The van der Waals surface area contributed by atoms with Gasteiger partial charge in [0.25, 0.3) is 0 Å². The molecule has 0 saturated heterocycles. The summed E-state index contributed by atoms with van der Waals surface area (Å²) in [5, 5.41) is -5.68. The lowest BCUT2D eigenvalue weighted by atomic mass is 10.2. The van der Waals surface area contributed by atoms with Crippen molar-refractivity contribution in [1.29, 1.82) is 0 Å². The van der Waals surface area contributed by atoms with E-state index < -0.39 is 40.3 Å². The van der Waals surface area contributed by atoms with Crippen LogP contribution in [0.2, 0.25) is 0 Å². The van der Waals surface area contributed by atoms with Crippen LogP contribution in [0.25, 0.3) is 0 Å². The predicted octanol–water partition coefficient (Wildman–Crippen LogP) is 4.16. The summed E-state index contributed by atoms with van der Waals surface area (Å²) in [7, 11) is -6.31. The molecule has 0 aliphatic rings. The maximum atomic E-state index is 13.3. The van der Waals surface area contributed by atoms with Gasteiger partial charge in [-0.15, -0.1) is 0 Å². The van der Waals surface area contributed by atoms with Crippen LogP contribution in [0.15, 0.2) is 12.1 Å². The molecule has 0 fully saturated rings. The van der Waals surface area contributed by atoms with E-state index in [1.807, 2.05) is 67.8 Å². The number of hydrogen-bond acceptors (Lipinski definition) is 4. The Kier molecular flexibility index (Phi) is 7.55. The maximum absolute atomic E-state index is 13.3. The quantitative estimate of drug-likeness (QED) is 0.158. The number of ether oxygens (including phenoxy) is 1. The Labute approximate surface area is 175 Å². The van der Waals surface area contributed by atoms with Gasteiger partial charge in [0.15, 0.2) is 0 Å². The Morgan fingerprint density at radius 3 is 2.21 bits per heavy atom. The third-order valence-electron chi connectivity index (χ3n) is 2.61. The zero-order valence-corrected chi connectivity index (χ0v) is 18.5. The van der Waals surface area contributed by atoms with E-state index in [1.165, 1.54) is 6.07 Å². The van der Waals surface area contributed by atoms with Crippen molar-refractivity contribution in [2.45, 2.75) is 17.6 Å². The van der Waals surface area contributed by atoms with Crippen LogP contribution in [0.4, 0.5) is 17.6 Å². The minimum Gasteiger partial charge on any atom is -0.462 e. The first-order chi connectivity index (χ1) is 10.7. The van der Waals surface area contributed by atoms with E-state index in [9.17, 15) is 30.8 Å². The van der Waals surface area contributed by atoms with Gasteiger partial charge in [0.2, 0.25) is 0 Å². The topological polar surface area (TPSA) is 80.7 Å². The molecule has 1 aromatic carbocycles. The molecule has 1 N–H and O–H groups in total. The molecule has 0 spiro atoms. The molecule has 5 nitrogen and oxygen atoms in total. The monoisotopic (exact) mass is 708 g/mol. The fourth-order valence-corrected chi connectivity index (χ4v) is 4.24. The number of hydrogen-bond donors (Lipinski definition) is 1. The van der Waals surface area contributed by atoms with Crippen LogP contribution in [0, 0.1) is 10.7 Å². The SMILES string of the molecule is O=C(OCCC(F)(F)C(F)(F)S(=O)(=O)O)c1cc(I)cc(I)c1I. The average molecular weight is 708 g/mol. The normalized spacial score (nSPS) is 13.0. The second kappa shape index (κ2) is 8.03. The fraction of sp³-hybridized carbons (Fsp3) is 0.364. The predicted molar refractivity (Wildman–Crippen MR) is 101 cm³/mol. The Balaban J connectivity index is 2.83. The summed E-state index contributed by atoms with van der Waals surface area (Å²) in [5.74, 6) is -6.12. The van der Waals surface area contributed by atoms with Gasteiger partial charge in [0, 0.05) is 10.7 Å². The molecule has 0 aliphatic carbocycles. The molecule has 1 aromatic rings. The summed E-state index contributed by atoms with van der Waals surface area (Å²) in [4.78, 5) is 11.9. The van der Waals surface area contributed by atoms with Crippen molar-refractivity contribution >= 4 is 83.9 Å². The highest BCUT2D eigenvalue weighted by atomic mass is 127. The van der Waals surface area contributed by atoms with Gasteiger partial charge in [0.1, 0.15) is 0 Å².